The molecule has 9 nitrogen and oxygen atoms in total. The average Bonchev–Trinajstić information content (AvgIpc) is 2.77. The van der Waals surface area contributed by atoms with Crippen molar-refractivity contribution in [3.05, 3.63) is 64.2 Å². The highest BCUT2D eigenvalue weighted by Gasteiger charge is 2.15. The van der Waals surface area contributed by atoms with Crippen molar-refractivity contribution in [2.45, 2.75) is 33.1 Å². The summed E-state index contributed by atoms with van der Waals surface area (Å²) in [6.45, 7) is 3.92. The number of hydrogen-bond acceptors (Lipinski definition) is 6. The van der Waals surface area contributed by atoms with E-state index < -0.39 is 11.8 Å². The number of ketones is 1. The number of carbonyl (C=O) groups is 4. The number of halogens is 1. The second-order valence-electron chi connectivity index (χ2n) is 7.05. The highest BCUT2D eigenvalue weighted by atomic mass is 35.5. The van der Waals surface area contributed by atoms with E-state index in [-0.39, 0.29) is 36.7 Å². The summed E-state index contributed by atoms with van der Waals surface area (Å²) in [6.07, 6.45) is -0.0672. The molecule has 0 aliphatic carbocycles. The van der Waals surface area contributed by atoms with Crippen molar-refractivity contribution in [1.82, 2.24) is 10.9 Å². The van der Waals surface area contributed by atoms with E-state index in [1.54, 1.807) is 35.8 Å². The van der Waals surface area contributed by atoms with Crippen LogP contribution in [0.4, 0.5) is 5.69 Å². The molecule has 0 bridgehead atoms. The molecule has 0 heterocycles. The molecule has 0 fully saturated rings. The van der Waals surface area contributed by atoms with Crippen LogP contribution in [-0.4, -0.2) is 29.2 Å². The standard InChI is InChI=1S/C22H24ClN5O4/c1-13-3-8-17(11-14(13)2)25-20(30)10-9-18(27-28-22(32)21(31)26-24)12-19(29)15-4-6-16(23)7-5-15/h3-8,11H,9-10,12,24H2,1-2H3,(H,25,30)(H,26,31)(H,28,32). The van der Waals surface area contributed by atoms with E-state index in [0.29, 0.717) is 16.3 Å². The number of nitrogens with two attached hydrogens (primary N) is 1. The van der Waals surface area contributed by atoms with Gasteiger partial charge < -0.3 is 5.32 Å². The summed E-state index contributed by atoms with van der Waals surface area (Å²) < 4.78 is 0. The first-order valence-electron chi connectivity index (χ1n) is 9.71. The van der Waals surface area contributed by atoms with Crippen LogP contribution in [0, 0.1) is 13.8 Å². The summed E-state index contributed by atoms with van der Waals surface area (Å²) in [4.78, 5) is 47.8. The molecular formula is C22H24ClN5O4. The van der Waals surface area contributed by atoms with Crippen LogP contribution in [0.25, 0.3) is 0 Å². The number of anilines is 1. The molecule has 0 saturated carbocycles. The van der Waals surface area contributed by atoms with Gasteiger partial charge in [0.2, 0.25) is 5.91 Å². The lowest BCUT2D eigenvalue weighted by molar-refractivity contribution is -0.139. The van der Waals surface area contributed by atoms with E-state index in [1.165, 1.54) is 0 Å². The Balaban J connectivity index is 2.07. The van der Waals surface area contributed by atoms with Gasteiger partial charge >= 0.3 is 11.8 Å². The Morgan fingerprint density at radius 2 is 1.62 bits per heavy atom. The van der Waals surface area contributed by atoms with Gasteiger partial charge in [-0.25, -0.2) is 11.3 Å². The predicted molar refractivity (Wildman–Crippen MR) is 122 cm³/mol. The molecular weight excluding hydrogens is 434 g/mol. The van der Waals surface area contributed by atoms with Gasteiger partial charge in [-0.3, -0.25) is 24.6 Å². The van der Waals surface area contributed by atoms with E-state index in [4.69, 9.17) is 17.4 Å². The minimum absolute atomic E-state index is 0.0125. The fraction of sp³-hybridized carbons (Fsp3) is 0.227. The van der Waals surface area contributed by atoms with Gasteiger partial charge in [-0.2, -0.15) is 5.10 Å². The van der Waals surface area contributed by atoms with Gasteiger partial charge in [0.25, 0.3) is 0 Å². The van der Waals surface area contributed by atoms with Crippen molar-refractivity contribution in [2.24, 2.45) is 10.9 Å². The minimum atomic E-state index is -1.09. The van der Waals surface area contributed by atoms with Gasteiger partial charge in [-0.1, -0.05) is 17.7 Å². The highest BCUT2D eigenvalue weighted by molar-refractivity contribution is 6.35. The Bertz CT molecular complexity index is 1050. The fourth-order valence-corrected chi connectivity index (χ4v) is 2.78. The van der Waals surface area contributed by atoms with Crippen LogP contribution in [0.1, 0.15) is 40.7 Å². The summed E-state index contributed by atoms with van der Waals surface area (Å²) >= 11 is 5.84. The number of nitrogens with one attached hydrogen (secondary N) is 3. The molecule has 0 atom stereocenters. The van der Waals surface area contributed by atoms with Gasteiger partial charge in [0.1, 0.15) is 0 Å². The molecule has 10 heteroatoms. The Morgan fingerprint density at radius 1 is 0.938 bits per heavy atom. The molecule has 2 aromatic rings. The van der Waals surface area contributed by atoms with E-state index in [1.807, 2.05) is 31.4 Å². The molecule has 0 saturated heterocycles. The average molecular weight is 458 g/mol. The number of nitrogens with zero attached hydrogens (tertiary/aromatic N) is 1. The summed E-state index contributed by atoms with van der Waals surface area (Å²) in [6, 6.07) is 11.8. The molecule has 2 rings (SSSR count). The van der Waals surface area contributed by atoms with Gasteiger partial charge in [0, 0.05) is 28.4 Å². The molecule has 0 aliphatic rings. The second-order valence-corrected chi connectivity index (χ2v) is 7.48. The molecule has 0 unspecified atom stereocenters. The quantitative estimate of drug-likeness (QED) is 0.120. The normalized spacial score (nSPS) is 10.9. The lowest BCUT2D eigenvalue weighted by atomic mass is 10.0. The number of amides is 3. The SMILES string of the molecule is Cc1ccc(NC(=O)CCC(CC(=O)c2ccc(Cl)cc2)=NNC(=O)C(=O)NN)cc1C. The lowest BCUT2D eigenvalue weighted by Gasteiger charge is -2.09. The van der Waals surface area contributed by atoms with Crippen molar-refractivity contribution in [3.8, 4) is 0 Å². The first kappa shape index (κ1) is 24.7. The second kappa shape index (κ2) is 11.7. The molecule has 0 spiro atoms. The largest absolute Gasteiger partial charge is 0.330 e. The molecule has 32 heavy (non-hydrogen) atoms. The summed E-state index contributed by atoms with van der Waals surface area (Å²) in [5.74, 6) is 2.16. The van der Waals surface area contributed by atoms with Crippen LogP contribution in [0.3, 0.4) is 0 Å². The number of carbonyl (C=O) groups excluding carboxylic acids is 4. The molecule has 2 aromatic carbocycles. The Kier molecular flexibility index (Phi) is 9.06. The van der Waals surface area contributed by atoms with Crippen LogP contribution >= 0.6 is 11.6 Å². The Morgan fingerprint density at radius 3 is 2.25 bits per heavy atom. The van der Waals surface area contributed by atoms with E-state index in [2.05, 4.69) is 10.4 Å². The third-order valence-corrected chi connectivity index (χ3v) is 4.87. The van der Waals surface area contributed by atoms with Gasteiger partial charge in [-0.05, 0) is 67.8 Å². The molecule has 0 aliphatic heterocycles. The number of aryl methyl sites for hydroxylation is 2. The summed E-state index contributed by atoms with van der Waals surface area (Å²) in [7, 11) is 0. The topological polar surface area (TPSA) is 143 Å². The lowest BCUT2D eigenvalue weighted by Crippen LogP contribution is -2.41. The third-order valence-electron chi connectivity index (χ3n) is 4.62. The molecule has 3 amide bonds. The zero-order valence-corrected chi connectivity index (χ0v) is 18.5. The third kappa shape index (κ3) is 7.60. The van der Waals surface area contributed by atoms with E-state index >= 15 is 0 Å². The number of hydrogen-bond donors (Lipinski definition) is 4. The maximum atomic E-state index is 12.6. The molecule has 0 aromatic heterocycles. The van der Waals surface area contributed by atoms with E-state index in [9.17, 15) is 19.2 Å². The summed E-state index contributed by atoms with van der Waals surface area (Å²) in [5, 5.41) is 7.13. The van der Waals surface area contributed by atoms with Crippen LogP contribution in [0.15, 0.2) is 47.6 Å². The molecule has 0 radical (unpaired) electrons. The maximum Gasteiger partial charge on any atom is 0.330 e. The zero-order valence-electron chi connectivity index (χ0n) is 17.7. The first-order valence-corrected chi connectivity index (χ1v) is 10.1. The molecule has 5 N–H and O–H groups in total. The smallest absolute Gasteiger partial charge is 0.326 e. The van der Waals surface area contributed by atoms with Crippen molar-refractivity contribution in [2.75, 3.05) is 5.32 Å². The van der Waals surface area contributed by atoms with Crippen molar-refractivity contribution >= 4 is 46.5 Å². The molecule has 168 valence electrons. The predicted octanol–water partition coefficient (Wildman–Crippen LogP) is 2.41. The van der Waals surface area contributed by atoms with Crippen molar-refractivity contribution < 1.29 is 19.2 Å². The van der Waals surface area contributed by atoms with Crippen LogP contribution < -0.4 is 22.0 Å². The van der Waals surface area contributed by atoms with Gasteiger partial charge in [-0.15, -0.1) is 0 Å². The number of benzene rings is 2. The Labute approximate surface area is 190 Å². The number of rotatable bonds is 8. The zero-order chi connectivity index (χ0) is 23.7. The number of hydrazine groups is 1. The highest BCUT2D eigenvalue weighted by Crippen LogP contribution is 2.15. The monoisotopic (exact) mass is 457 g/mol. The van der Waals surface area contributed by atoms with E-state index in [0.717, 1.165) is 11.1 Å². The summed E-state index contributed by atoms with van der Waals surface area (Å²) in [5.41, 5.74) is 7.14. The van der Waals surface area contributed by atoms with Crippen LogP contribution in [-0.2, 0) is 14.4 Å². The van der Waals surface area contributed by atoms with Crippen molar-refractivity contribution in [3.63, 3.8) is 0 Å². The first-order chi connectivity index (χ1) is 15.2. The van der Waals surface area contributed by atoms with Gasteiger partial charge in [0.15, 0.2) is 5.78 Å². The van der Waals surface area contributed by atoms with Crippen LogP contribution in [0.2, 0.25) is 5.02 Å². The number of Topliss-reactive ketones (excluding diaryl/α,β-unsaturated/α-hetero) is 1. The Hall–Kier alpha value is -3.56. The van der Waals surface area contributed by atoms with Crippen molar-refractivity contribution in [1.29, 1.82) is 0 Å². The fourth-order valence-electron chi connectivity index (χ4n) is 2.65. The minimum Gasteiger partial charge on any atom is -0.326 e. The number of hydrazone groups is 1. The van der Waals surface area contributed by atoms with Crippen LogP contribution in [0.5, 0.6) is 0 Å². The van der Waals surface area contributed by atoms with Gasteiger partial charge in [0.05, 0.1) is 6.42 Å². The maximum absolute atomic E-state index is 12.6.